The molecule has 0 bridgehead atoms. The number of aromatic nitrogens is 2. The standard InChI is InChI=1S/C17H30N2.BrH/c1-3-5-6-7-8-9-10-11-12-13-17(4-2)19-15-14-18-16-19;/h4,14-17H,2-3,5-13H2,1H3;1H. The third kappa shape index (κ3) is 8.57. The zero-order valence-corrected chi connectivity index (χ0v) is 14.7. The van der Waals surface area contributed by atoms with E-state index in [1.54, 1.807) is 0 Å². The average Bonchev–Trinajstić information content (AvgIpc) is 2.95. The maximum absolute atomic E-state index is 4.10. The van der Waals surface area contributed by atoms with Crippen LogP contribution in [0.15, 0.2) is 31.4 Å². The highest BCUT2D eigenvalue weighted by atomic mass is 79.9. The zero-order valence-electron chi connectivity index (χ0n) is 13.0. The Morgan fingerprint density at radius 1 is 1.05 bits per heavy atom. The smallest absolute Gasteiger partial charge is 0.0951 e. The van der Waals surface area contributed by atoms with Crippen molar-refractivity contribution in [1.82, 2.24) is 9.55 Å². The van der Waals surface area contributed by atoms with Gasteiger partial charge in [0.2, 0.25) is 0 Å². The maximum atomic E-state index is 4.10. The number of nitrogens with zero attached hydrogens (tertiary/aromatic N) is 2. The molecule has 0 amide bonds. The van der Waals surface area contributed by atoms with Crippen molar-refractivity contribution in [1.29, 1.82) is 0 Å². The lowest BCUT2D eigenvalue weighted by Crippen LogP contribution is -2.03. The average molecular weight is 343 g/mol. The number of unbranched alkanes of at least 4 members (excludes halogenated alkanes) is 8. The molecule has 0 N–H and O–H groups in total. The van der Waals surface area contributed by atoms with E-state index in [0.717, 1.165) is 0 Å². The zero-order chi connectivity index (χ0) is 13.8. The molecule has 0 aromatic carbocycles. The first-order valence-corrected chi connectivity index (χ1v) is 7.98. The highest BCUT2D eigenvalue weighted by Gasteiger charge is 2.04. The van der Waals surface area contributed by atoms with Gasteiger partial charge in [0, 0.05) is 12.4 Å². The van der Waals surface area contributed by atoms with Gasteiger partial charge in [-0.3, -0.25) is 0 Å². The predicted octanol–water partition coefficient (Wildman–Crippen LogP) is 6.11. The molecule has 0 spiro atoms. The van der Waals surface area contributed by atoms with Gasteiger partial charge in [-0.05, 0) is 6.42 Å². The van der Waals surface area contributed by atoms with Crippen LogP contribution >= 0.6 is 17.0 Å². The van der Waals surface area contributed by atoms with Gasteiger partial charge >= 0.3 is 0 Å². The van der Waals surface area contributed by atoms with Crippen LogP contribution in [0, 0.1) is 0 Å². The molecule has 0 radical (unpaired) electrons. The van der Waals surface area contributed by atoms with Crippen molar-refractivity contribution >= 4 is 17.0 Å². The van der Waals surface area contributed by atoms with E-state index in [9.17, 15) is 0 Å². The van der Waals surface area contributed by atoms with Gasteiger partial charge in [0.25, 0.3) is 0 Å². The summed E-state index contributed by atoms with van der Waals surface area (Å²) in [6, 6.07) is 0.423. The minimum Gasteiger partial charge on any atom is -0.331 e. The van der Waals surface area contributed by atoms with Crippen molar-refractivity contribution in [3.8, 4) is 0 Å². The van der Waals surface area contributed by atoms with Gasteiger partial charge in [-0.25, -0.2) is 4.98 Å². The Balaban J connectivity index is 0.00000361. The van der Waals surface area contributed by atoms with Gasteiger partial charge < -0.3 is 4.57 Å². The lowest BCUT2D eigenvalue weighted by molar-refractivity contribution is 0.498. The molecule has 3 heteroatoms. The molecule has 1 heterocycles. The molecular weight excluding hydrogens is 312 g/mol. The lowest BCUT2D eigenvalue weighted by Gasteiger charge is -2.13. The van der Waals surface area contributed by atoms with Gasteiger partial charge in [-0.1, -0.05) is 70.8 Å². The van der Waals surface area contributed by atoms with E-state index in [0.29, 0.717) is 6.04 Å². The SMILES string of the molecule is Br.C=CC(CCCCCCCCCCC)n1ccnc1. The summed E-state index contributed by atoms with van der Waals surface area (Å²) in [5.41, 5.74) is 0. The summed E-state index contributed by atoms with van der Waals surface area (Å²) in [6.07, 6.45) is 21.5. The fourth-order valence-corrected chi connectivity index (χ4v) is 2.52. The third-order valence-corrected chi connectivity index (χ3v) is 3.78. The number of imidazole rings is 1. The molecule has 1 atom stereocenters. The normalized spacial score (nSPS) is 11.8. The molecule has 1 aromatic heterocycles. The van der Waals surface area contributed by atoms with E-state index in [1.165, 1.54) is 64.2 Å². The van der Waals surface area contributed by atoms with Crippen LogP contribution in [-0.2, 0) is 0 Å². The quantitative estimate of drug-likeness (QED) is 0.331. The van der Waals surface area contributed by atoms with Gasteiger partial charge in [-0.15, -0.1) is 23.6 Å². The molecule has 2 nitrogen and oxygen atoms in total. The van der Waals surface area contributed by atoms with Crippen LogP contribution in [0.3, 0.4) is 0 Å². The molecule has 0 aliphatic carbocycles. The molecule has 0 fully saturated rings. The molecule has 1 rings (SSSR count). The second kappa shape index (κ2) is 13.4. The second-order valence-electron chi connectivity index (χ2n) is 5.43. The topological polar surface area (TPSA) is 17.8 Å². The molecular formula is C17H31BrN2. The Morgan fingerprint density at radius 3 is 2.15 bits per heavy atom. The monoisotopic (exact) mass is 342 g/mol. The van der Waals surface area contributed by atoms with E-state index >= 15 is 0 Å². The Kier molecular flexibility index (Phi) is 13.0. The molecule has 20 heavy (non-hydrogen) atoms. The van der Waals surface area contributed by atoms with Crippen LogP contribution in [0.1, 0.15) is 77.2 Å². The number of hydrogen-bond donors (Lipinski definition) is 0. The molecule has 1 unspecified atom stereocenters. The van der Waals surface area contributed by atoms with E-state index in [2.05, 4.69) is 23.1 Å². The first-order chi connectivity index (χ1) is 9.38. The Bertz CT molecular complexity index is 309. The molecule has 1 aromatic rings. The number of allylic oxidation sites excluding steroid dienone is 1. The van der Waals surface area contributed by atoms with Gasteiger partial charge in [0.1, 0.15) is 0 Å². The van der Waals surface area contributed by atoms with Crippen molar-refractivity contribution in [2.75, 3.05) is 0 Å². The van der Waals surface area contributed by atoms with E-state index in [1.807, 2.05) is 24.8 Å². The van der Waals surface area contributed by atoms with Crippen LogP contribution in [0.5, 0.6) is 0 Å². The third-order valence-electron chi connectivity index (χ3n) is 3.78. The number of rotatable bonds is 12. The number of hydrogen-bond acceptors (Lipinski definition) is 1. The van der Waals surface area contributed by atoms with Crippen LogP contribution in [0.2, 0.25) is 0 Å². The summed E-state index contributed by atoms with van der Waals surface area (Å²) in [4.78, 5) is 4.10. The Labute approximate surface area is 135 Å². The fraction of sp³-hybridized carbons (Fsp3) is 0.706. The number of halogens is 1. The van der Waals surface area contributed by atoms with Crippen molar-refractivity contribution in [3.63, 3.8) is 0 Å². The lowest BCUT2D eigenvalue weighted by atomic mass is 10.0. The van der Waals surface area contributed by atoms with Crippen molar-refractivity contribution in [2.45, 2.75) is 77.2 Å². The molecule has 0 aliphatic heterocycles. The van der Waals surface area contributed by atoms with Crippen LogP contribution in [0.4, 0.5) is 0 Å². The Hall–Kier alpha value is -0.570. The summed E-state index contributed by atoms with van der Waals surface area (Å²) in [5, 5.41) is 0. The molecule has 0 aliphatic rings. The largest absolute Gasteiger partial charge is 0.331 e. The maximum Gasteiger partial charge on any atom is 0.0951 e. The summed E-state index contributed by atoms with van der Waals surface area (Å²) in [6.45, 7) is 6.20. The summed E-state index contributed by atoms with van der Waals surface area (Å²) in [5.74, 6) is 0. The minimum atomic E-state index is 0. The minimum absolute atomic E-state index is 0. The first kappa shape index (κ1) is 19.4. The molecule has 116 valence electrons. The molecule has 0 saturated heterocycles. The van der Waals surface area contributed by atoms with E-state index in [-0.39, 0.29) is 17.0 Å². The van der Waals surface area contributed by atoms with Crippen molar-refractivity contribution in [2.24, 2.45) is 0 Å². The Morgan fingerprint density at radius 2 is 1.65 bits per heavy atom. The van der Waals surface area contributed by atoms with Gasteiger partial charge in [-0.2, -0.15) is 0 Å². The summed E-state index contributed by atoms with van der Waals surface area (Å²) >= 11 is 0. The summed E-state index contributed by atoms with van der Waals surface area (Å²) < 4.78 is 2.15. The highest BCUT2D eigenvalue weighted by molar-refractivity contribution is 8.93. The predicted molar refractivity (Wildman–Crippen MR) is 93.6 cm³/mol. The van der Waals surface area contributed by atoms with E-state index < -0.39 is 0 Å². The van der Waals surface area contributed by atoms with E-state index in [4.69, 9.17) is 0 Å². The summed E-state index contributed by atoms with van der Waals surface area (Å²) in [7, 11) is 0. The second-order valence-corrected chi connectivity index (χ2v) is 5.43. The first-order valence-electron chi connectivity index (χ1n) is 7.98. The van der Waals surface area contributed by atoms with Crippen LogP contribution in [0.25, 0.3) is 0 Å². The molecule has 0 saturated carbocycles. The fourth-order valence-electron chi connectivity index (χ4n) is 2.52. The van der Waals surface area contributed by atoms with Gasteiger partial charge in [0.05, 0.1) is 12.4 Å². The van der Waals surface area contributed by atoms with Gasteiger partial charge in [0.15, 0.2) is 0 Å². The van der Waals surface area contributed by atoms with Crippen molar-refractivity contribution < 1.29 is 0 Å². The van der Waals surface area contributed by atoms with Crippen LogP contribution < -0.4 is 0 Å². The van der Waals surface area contributed by atoms with Crippen LogP contribution in [-0.4, -0.2) is 9.55 Å². The highest BCUT2D eigenvalue weighted by Crippen LogP contribution is 2.17. The van der Waals surface area contributed by atoms with Crippen molar-refractivity contribution in [3.05, 3.63) is 31.4 Å².